The molecule has 0 bridgehead atoms. The molecule has 0 unspecified atom stereocenters. The average molecular weight is 437 g/mol. The average Bonchev–Trinajstić information content (AvgIpc) is 2.98. The lowest BCUT2D eigenvalue weighted by molar-refractivity contribution is -0.156. The van der Waals surface area contributed by atoms with E-state index in [2.05, 4.69) is 21.2 Å². The molecule has 7 heteroatoms. The zero-order chi connectivity index (χ0) is 18.9. The van der Waals surface area contributed by atoms with Gasteiger partial charge in [-0.2, -0.15) is 0 Å². The number of carbonyl (C=O) groups excluding carboxylic acids is 2. The summed E-state index contributed by atoms with van der Waals surface area (Å²) in [7, 11) is 2.45. The van der Waals surface area contributed by atoms with E-state index in [0.29, 0.717) is 27.4 Å². The second-order valence-electron chi connectivity index (χ2n) is 5.60. The van der Waals surface area contributed by atoms with Crippen molar-refractivity contribution >= 4 is 56.8 Å². The number of halogens is 2. The number of esters is 2. The monoisotopic (exact) mass is 435 g/mol. The molecule has 0 saturated heterocycles. The summed E-state index contributed by atoms with van der Waals surface area (Å²) in [6, 6.07) is 12.6. The molecule has 0 spiro atoms. The molecule has 5 nitrogen and oxygen atoms in total. The zero-order valence-corrected chi connectivity index (χ0v) is 16.3. The summed E-state index contributed by atoms with van der Waals surface area (Å²) < 4.78 is 10.6. The molecule has 134 valence electrons. The van der Waals surface area contributed by atoms with Gasteiger partial charge in [0.1, 0.15) is 0 Å². The van der Waals surface area contributed by atoms with Crippen molar-refractivity contribution in [2.24, 2.45) is 0 Å². The third-order valence-corrected chi connectivity index (χ3v) is 5.24. The van der Waals surface area contributed by atoms with Crippen molar-refractivity contribution < 1.29 is 19.1 Å². The molecule has 0 aliphatic carbocycles. The maximum absolute atomic E-state index is 12.7. The highest BCUT2D eigenvalue weighted by atomic mass is 79.9. The molecule has 2 aromatic carbocycles. The molecule has 0 saturated carbocycles. The first-order valence-electron chi connectivity index (χ1n) is 7.66. The number of fused-ring (bicyclic) bond motifs is 1. The number of carbonyl (C=O) groups is 2. The van der Waals surface area contributed by atoms with Crippen LogP contribution < -0.4 is 5.32 Å². The molecule has 2 aromatic rings. The van der Waals surface area contributed by atoms with Crippen LogP contribution in [0.1, 0.15) is 11.1 Å². The molecule has 0 amide bonds. The predicted octanol–water partition coefficient (Wildman–Crippen LogP) is 4.15. The molecule has 0 fully saturated rings. The third-order valence-electron chi connectivity index (χ3n) is 4.21. The number of ether oxygens (including phenoxy) is 2. The Hall–Kier alpha value is -2.31. The van der Waals surface area contributed by atoms with E-state index >= 15 is 0 Å². The van der Waals surface area contributed by atoms with Crippen molar-refractivity contribution in [3.8, 4) is 0 Å². The van der Waals surface area contributed by atoms with Gasteiger partial charge in [0.05, 0.1) is 14.2 Å². The first kappa shape index (κ1) is 18.5. The standard InChI is InChI=1S/C19H15BrClNO4/c1-25-17(23)19(18(24)26-2)13(11-6-3-4-9-16(11)22-19)10-12-14(20)7-5-8-15(12)21/h3-10,22H,1-2H3/b13-10+. The summed E-state index contributed by atoms with van der Waals surface area (Å²) in [5, 5.41) is 3.45. The summed E-state index contributed by atoms with van der Waals surface area (Å²) in [5.74, 6) is -1.54. The largest absolute Gasteiger partial charge is 0.467 e. The minimum atomic E-state index is -1.81. The van der Waals surface area contributed by atoms with Gasteiger partial charge in [-0.1, -0.05) is 51.8 Å². The number of hydrogen-bond acceptors (Lipinski definition) is 5. The highest BCUT2D eigenvalue weighted by molar-refractivity contribution is 9.10. The van der Waals surface area contributed by atoms with Gasteiger partial charge in [-0.3, -0.25) is 0 Å². The SMILES string of the molecule is COC(=O)C1(C(=O)OC)Nc2ccccc2/C1=C\c1c(Cl)cccc1Br. The van der Waals surface area contributed by atoms with Gasteiger partial charge < -0.3 is 14.8 Å². The lowest BCUT2D eigenvalue weighted by Crippen LogP contribution is -2.52. The predicted molar refractivity (Wildman–Crippen MR) is 104 cm³/mol. The van der Waals surface area contributed by atoms with Gasteiger partial charge in [0.25, 0.3) is 5.54 Å². The maximum Gasteiger partial charge on any atom is 0.348 e. The van der Waals surface area contributed by atoms with Crippen molar-refractivity contribution in [1.82, 2.24) is 0 Å². The van der Waals surface area contributed by atoms with Crippen LogP contribution in [-0.2, 0) is 19.1 Å². The number of rotatable bonds is 3. The molecule has 1 aliphatic rings. The number of nitrogens with one attached hydrogen (secondary N) is 1. The Kier molecular flexibility index (Phi) is 5.07. The molecular weight excluding hydrogens is 422 g/mol. The minimum Gasteiger partial charge on any atom is -0.467 e. The fraction of sp³-hybridized carbons (Fsp3) is 0.158. The topological polar surface area (TPSA) is 64.6 Å². The number of para-hydroxylation sites is 1. The van der Waals surface area contributed by atoms with Gasteiger partial charge in [0, 0.05) is 31.9 Å². The van der Waals surface area contributed by atoms with E-state index in [4.69, 9.17) is 21.1 Å². The summed E-state index contributed by atoms with van der Waals surface area (Å²) in [6.45, 7) is 0. The summed E-state index contributed by atoms with van der Waals surface area (Å²) in [4.78, 5) is 25.4. The van der Waals surface area contributed by atoms with Crippen LogP contribution in [0.5, 0.6) is 0 Å². The molecule has 1 N–H and O–H groups in total. The van der Waals surface area contributed by atoms with Crippen LogP contribution >= 0.6 is 27.5 Å². The molecule has 1 heterocycles. The number of methoxy groups -OCH3 is 2. The van der Waals surface area contributed by atoms with Crippen molar-refractivity contribution in [3.63, 3.8) is 0 Å². The Morgan fingerprint density at radius 2 is 1.73 bits per heavy atom. The van der Waals surface area contributed by atoms with Crippen LogP contribution in [0.4, 0.5) is 5.69 Å². The first-order valence-corrected chi connectivity index (χ1v) is 8.83. The Morgan fingerprint density at radius 1 is 1.08 bits per heavy atom. The number of hydrogen-bond donors (Lipinski definition) is 1. The second-order valence-corrected chi connectivity index (χ2v) is 6.86. The summed E-state index contributed by atoms with van der Waals surface area (Å²) in [5.41, 5.74) is 0.541. The fourth-order valence-electron chi connectivity index (χ4n) is 2.99. The maximum atomic E-state index is 12.7. The zero-order valence-electron chi connectivity index (χ0n) is 14.0. The highest BCUT2D eigenvalue weighted by Gasteiger charge is 2.56. The molecule has 1 aliphatic heterocycles. The minimum absolute atomic E-state index is 0.403. The van der Waals surface area contributed by atoms with Gasteiger partial charge in [0.2, 0.25) is 0 Å². The molecule has 0 radical (unpaired) electrons. The summed E-state index contributed by atoms with van der Waals surface area (Å²) >= 11 is 9.79. The van der Waals surface area contributed by atoms with E-state index in [1.165, 1.54) is 14.2 Å². The fourth-order valence-corrected chi connectivity index (χ4v) is 3.81. The lowest BCUT2D eigenvalue weighted by atomic mass is 9.87. The van der Waals surface area contributed by atoms with Crippen LogP contribution in [0.2, 0.25) is 5.02 Å². The van der Waals surface area contributed by atoms with E-state index in [0.717, 1.165) is 4.47 Å². The quantitative estimate of drug-likeness (QED) is 0.578. The van der Waals surface area contributed by atoms with Gasteiger partial charge in [-0.05, 0) is 24.3 Å². The Bertz CT molecular complexity index is 889. The normalized spacial score (nSPS) is 15.9. The van der Waals surface area contributed by atoms with Gasteiger partial charge in [-0.25, -0.2) is 9.59 Å². The van der Waals surface area contributed by atoms with Crippen molar-refractivity contribution in [3.05, 3.63) is 63.1 Å². The first-order chi connectivity index (χ1) is 12.5. The van der Waals surface area contributed by atoms with Crippen molar-refractivity contribution in [2.75, 3.05) is 19.5 Å². The molecule has 26 heavy (non-hydrogen) atoms. The Morgan fingerprint density at radius 3 is 2.35 bits per heavy atom. The molecular formula is C19H15BrClNO4. The van der Waals surface area contributed by atoms with Crippen molar-refractivity contribution in [2.45, 2.75) is 5.54 Å². The van der Waals surface area contributed by atoms with E-state index in [-0.39, 0.29) is 0 Å². The Labute approximate surface area is 164 Å². The van der Waals surface area contributed by atoms with Crippen molar-refractivity contribution in [1.29, 1.82) is 0 Å². The number of anilines is 1. The summed E-state index contributed by atoms with van der Waals surface area (Å²) in [6.07, 6.45) is 1.69. The van der Waals surface area contributed by atoms with E-state index in [9.17, 15) is 9.59 Å². The van der Waals surface area contributed by atoms with Crippen LogP contribution in [-0.4, -0.2) is 31.7 Å². The highest BCUT2D eigenvalue weighted by Crippen LogP contribution is 2.45. The van der Waals surface area contributed by atoms with Crippen LogP contribution in [0.3, 0.4) is 0 Å². The second kappa shape index (κ2) is 7.13. The number of benzene rings is 2. The van der Waals surface area contributed by atoms with E-state index in [1.807, 2.05) is 18.2 Å². The molecule has 3 rings (SSSR count). The van der Waals surface area contributed by atoms with Crippen LogP contribution in [0.15, 0.2) is 46.9 Å². The van der Waals surface area contributed by atoms with E-state index in [1.54, 1.807) is 30.3 Å². The van der Waals surface area contributed by atoms with Gasteiger partial charge in [0.15, 0.2) is 0 Å². The van der Waals surface area contributed by atoms with E-state index < -0.39 is 17.5 Å². The Balaban J connectivity index is 2.34. The smallest absolute Gasteiger partial charge is 0.348 e. The lowest BCUT2D eigenvalue weighted by Gasteiger charge is -2.26. The van der Waals surface area contributed by atoms with Gasteiger partial charge >= 0.3 is 11.9 Å². The molecule has 0 atom stereocenters. The van der Waals surface area contributed by atoms with Gasteiger partial charge in [-0.15, -0.1) is 0 Å². The van der Waals surface area contributed by atoms with Crippen LogP contribution in [0.25, 0.3) is 11.6 Å². The van der Waals surface area contributed by atoms with Crippen LogP contribution in [0, 0.1) is 0 Å². The third kappa shape index (κ3) is 2.79. The molecule has 0 aromatic heterocycles.